The molecule has 0 aromatic heterocycles. The van der Waals surface area contributed by atoms with Gasteiger partial charge in [0, 0.05) is 13.6 Å². The third kappa shape index (κ3) is 1.51. The zero-order valence-electron chi connectivity index (χ0n) is 8.20. The van der Waals surface area contributed by atoms with E-state index in [1.807, 2.05) is 0 Å². The van der Waals surface area contributed by atoms with E-state index in [1.54, 1.807) is 20.9 Å². The summed E-state index contributed by atoms with van der Waals surface area (Å²) in [7, 11) is 1.60. The number of amides is 3. The number of likely N-dealkylation sites (N-methyl/N-ethyl adjacent to an activating group) is 1. The van der Waals surface area contributed by atoms with Crippen LogP contribution >= 0.6 is 0 Å². The SMILES string of the molecule is CN1CC(=O)N(C(C)(C)CN)C1=O. The molecule has 1 saturated heterocycles. The van der Waals surface area contributed by atoms with E-state index in [4.69, 9.17) is 5.73 Å². The minimum atomic E-state index is -0.584. The second-order valence-corrected chi connectivity index (χ2v) is 3.88. The predicted molar refractivity (Wildman–Crippen MR) is 48.0 cm³/mol. The van der Waals surface area contributed by atoms with Crippen molar-refractivity contribution >= 4 is 11.9 Å². The van der Waals surface area contributed by atoms with E-state index in [-0.39, 0.29) is 25.0 Å². The van der Waals surface area contributed by atoms with Gasteiger partial charge < -0.3 is 10.6 Å². The molecule has 0 unspecified atom stereocenters. The Morgan fingerprint density at radius 2 is 2.00 bits per heavy atom. The Labute approximate surface area is 77.5 Å². The molecule has 3 amide bonds. The maximum atomic E-state index is 11.5. The van der Waals surface area contributed by atoms with Crippen LogP contribution in [0.25, 0.3) is 0 Å². The fraction of sp³-hybridized carbons (Fsp3) is 0.750. The smallest absolute Gasteiger partial charge is 0.327 e. The van der Waals surface area contributed by atoms with Crippen LogP contribution in [0.1, 0.15) is 13.8 Å². The topological polar surface area (TPSA) is 66.6 Å². The lowest BCUT2D eigenvalue weighted by Crippen LogP contribution is -2.52. The van der Waals surface area contributed by atoms with Gasteiger partial charge in [-0.1, -0.05) is 0 Å². The first-order chi connectivity index (χ1) is 5.90. The predicted octanol–water partition coefficient (Wildman–Crippen LogP) is -0.382. The van der Waals surface area contributed by atoms with E-state index in [9.17, 15) is 9.59 Å². The molecule has 5 heteroatoms. The van der Waals surface area contributed by atoms with Crippen LogP contribution in [-0.4, -0.2) is 47.4 Å². The molecule has 2 N–H and O–H groups in total. The normalized spacial score (nSPS) is 18.8. The van der Waals surface area contributed by atoms with Crippen molar-refractivity contribution in [3.63, 3.8) is 0 Å². The minimum absolute atomic E-state index is 0.155. The zero-order valence-corrected chi connectivity index (χ0v) is 8.20. The molecule has 0 radical (unpaired) electrons. The summed E-state index contributed by atoms with van der Waals surface area (Å²) in [5.41, 5.74) is 4.91. The van der Waals surface area contributed by atoms with Gasteiger partial charge in [0.15, 0.2) is 0 Å². The lowest BCUT2D eigenvalue weighted by atomic mass is 10.0. The number of nitrogens with two attached hydrogens (primary N) is 1. The molecule has 0 aromatic rings. The molecule has 1 heterocycles. The molecule has 1 aliphatic heterocycles. The van der Waals surface area contributed by atoms with Gasteiger partial charge >= 0.3 is 6.03 Å². The Morgan fingerprint density at radius 3 is 2.31 bits per heavy atom. The monoisotopic (exact) mass is 185 g/mol. The van der Waals surface area contributed by atoms with Gasteiger partial charge in [0.05, 0.1) is 5.54 Å². The van der Waals surface area contributed by atoms with Gasteiger partial charge in [-0.3, -0.25) is 9.69 Å². The quantitative estimate of drug-likeness (QED) is 0.596. The highest BCUT2D eigenvalue weighted by Crippen LogP contribution is 2.19. The summed E-state index contributed by atoms with van der Waals surface area (Å²) in [5.74, 6) is -0.178. The molecule has 1 rings (SSSR count). The molecule has 1 fully saturated rings. The number of hydrogen-bond donors (Lipinski definition) is 1. The number of rotatable bonds is 2. The van der Waals surface area contributed by atoms with Crippen molar-refractivity contribution in [2.75, 3.05) is 20.1 Å². The van der Waals surface area contributed by atoms with Crippen LogP contribution in [-0.2, 0) is 4.79 Å². The number of nitrogens with zero attached hydrogens (tertiary/aromatic N) is 2. The lowest BCUT2D eigenvalue weighted by molar-refractivity contribution is -0.128. The van der Waals surface area contributed by atoms with Crippen molar-refractivity contribution < 1.29 is 9.59 Å². The summed E-state index contributed by atoms with van der Waals surface area (Å²) in [6.45, 7) is 3.99. The van der Waals surface area contributed by atoms with Crippen LogP contribution in [0.5, 0.6) is 0 Å². The number of carbonyl (C=O) groups excluding carboxylic acids is 2. The van der Waals surface area contributed by atoms with Crippen molar-refractivity contribution in [1.82, 2.24) is 9.80 Å². The third-order valence-electron chi connectivity index (χ3n) is 2.24. The Balaban J connectivity index is 2.92. The summed E-state index contributed by atoms with van der Waals surface area (Å²) in [6.07, 6.45) is 0. The van der Waals surface area contributed by atoms with Crippen molar-refractivity contribution in [3.8, 4) is 0 Å². The standard InChI is InChI=1S/C8H15N3O2/c1-8(2,5-9)11-6(12)4-10(3)7(11)13/h4-5,9H2,1-3H3. The largest absolute Gasteiger partial charge is 0.328 e. The van der Waals surface area contributed by atoms with Crippen LogP contribution in [0, 0.1) is 0 Å². The van der Waals surface area contributed by atoms with Gasteiger partial charge in [-0.05, 0) is 13.8 Å². The van der Waals surface area contributed by atoms with Gasteiger partial charge in [-0.15, -0.1) is 0 Å². The van der Waals surface area contributed by atoms with E-state index in [2.05, 4.69) is 0 Å². The van der Waals surface area contributed by atoms with Crippen molar-refractivity contribution in [3.05, 3.63) is 0 Å². The maximum absolute atomic E-state index is 11.5. The molecule has 0 aliphatic carbocycles. The Bertz CT molecular complexity index is 250. The first kappa shape index (κ1) is 9.98. The van der Waals surface area contributed by atoms with E-state index < -0.39 is 5.54 Å². The van der Waals surface area contributed by atoms with Crippen LogP contribution in [0.3, 0.4) is 0 Å². The van der Waals surface area contributed by atoms with E-state index in [1.165, 1.54) is 9.80 Å². The number of carbonyl (C=O) groups is 2. The van der Waals surface area contributed by atoms with Gasteiger partial charge in [0.2, 0.25) is 0 Å². The number of hydrogen-bond acceptors (Lipinski definition) is 3. The second-order valence-electron chi connectivity index (χ2n) is 3.88. The first-order valence-electron chi connectivity index (χ1n) is 4.18. The molecule has 5 nitrogen and oxygen atoms in total. The molecule has 1 aliphatic rings. The van der Waals surface area contributed by atoms with Crippen molar-refractivity contribution in [2.45, 2.75) is 19.4 Å². The lowest BCUT2D eigenvalue weighted by Gasteiger charge is -2.31. The fourth-order valence-corrected chi connectivity index (χ4v) is 1.31. The van der Waals surface area contributed by atoms with E-state index in [0.717, 1.165) is 0 Å². The highest BCUT2D eigenvalue weighted by atomic mass is 16.2. The molecule has 0 aromatic carbocycles. The van der Waals surface area contributed by atoms with Crippen molar-refractivity contribution in [1.29, 1.82) is 0 Å². The first-order valence-corrected chi connectivity index (χ1v) is 4.18. The number of urea groups is 1. The van der Waals surface area contributed by atoms with E-state index in [0.29, 0.717) is 0 Å². The molecule has 0 bridgehead atoms. The van der Waals surface area contributed by atoms with Crippen molar-refractivity contribution in [2.24, 2.45) is 5.73 Å². The van der Waals surface area contributed by atoms with Crippen LogP contribution in [0.4, 0.5) is 4.79 Å². The summed E-state index contributed by atoms with van der Waals surface area (Å²) in [4.78, 5) is 25.5. The Morgan fingerprint density at radius 1 is 1.46 bits per heavy atom. The van der Waals surface area contributed by atoms with Gasteiger partial charge in [-0.2, -0.15) is 0 Å². The molecular weight excluding hydrogens is 170 g/mol. The molecule has 0 saturated carbocycles. The average molecular weight is 185 g/mol. The molecule has 0 atom stereocenters. The summed E-state index contributed by atoms with van der Waals surface area (Å²) >= 11 is 0. The van der Waals surface area contributed by atoms with Crippen LogP contribution in [0.15, 0.2) is 0 Å². The number of imide groups is 1. The highest BCUT2D eigenvalue weighted by molar-refractivity contribution is 6.02. The van der Waals surface area contributed by atoms with Gasteiger partial charge in [0.1, 0.15) is 6.54 Å². The summed E-state index contributed by atoms with van der Waals surface area (Å²) < 4.78 is 0. The third-order valence-corrected chi connectivity index (χ3v) is 2.24. The summed E-state index contributed by atoms with van der Waals surface area (Å²) in [5, 5.41) is 0. The van der Waals surface area contributed by atoms with Crippen LogP contribution < -0.4 is 5.73 Å². The Hall–Kier alpha value is -1.10. The second kappa shape index (κ2) is 2.99. The van der Waals surface area contributed by atoms with E-state index >= 15 is 0 Å². The summed E-state index contributed by atoms with van der Waals surface area (Å²) in [6, 6.07) is -0.263. The van der Waals surface area contributed by atoms with Gasteiger partial charge in [0.25, 0.3) is 5.91 Å². The minimum Gasteiger partial charge on any atom is -0.328 e. The van der Waals surface area contributed by atoms with Crippen LogP contribution in [0.2, 0.25) is 0 Å². The molecule has 0 spiro atoms. The van der Waals surface area contributed by atoms with Gasteiger partial charge in [-0.25, -0.2) is 4.79 Å². The molecule has 74 valence electrons. The average Bonchev–Trinajstić information content (AvgIpc) is 2.27. The Kier molecular flexibility index (Phi) is 2.30. The zero-order chi connectivity index (χ0) is 10.2. The fourth-order valence-electron chi connectivity index (χ4n) is 1.31. The highest BCUT2D eigenvalue weighted by Gasteiger charge is 2.42. The maximum Gasteiger partial charge on any atom is 0.327 e. The molecular formula is C8H15N3O2. The molecule has 13 heavy (non-hydrogen) atoms.